The van der Waals surface area contributed by atoms with E-state index in [0.29, 0.717) is 0 Å². The standard InChI is InChI=1S/C10H12S/c1-7-4-3-5-9-8(2)6-11-10(7)9/h3-5,8H,6H2,1-2H3/t8-/m1/s1. The SMILES string of the molecule is Cc1cccc2c1SC[C@H]2C. The molecule has 58 valence electrons. The fourth-order valence-corrected chi connectivity index (χ4v) is 2.89. The summed E-state index contributed by atoms with van der Waals surface area (Å²) in [6.07, 6.45) is 0. The maximum Gasteiger partial charge on any atom is 0.0136 e. The Morgan fingerprint density at radius 1 is 1.45 bits per heavy atom. The molecule has 0 spiro atoms. The van der Waals surface area contributed by atoms with Crippen LogP contribution in [-0.4, -0.2) is 5.75 Å². The Morgan fingerprint density at radius 2 is 2.27 bits per heavy atom. The first-order chi connectivity index (χ1) is 5.29. The first-order valence-corrected chi connectivity index (χ1v) is 5.00. The molecule has 0 amide bonds. The lowest BCUT2D eigenvalue weighted by molar-refractivity contribution is 0.879. The Bertz CT molecular complexity index is 278. The van der Waals surface area contributed by atoms with Crippen LogP contribution in [0.15, 0.2) is 23.1 Å². The summed E-state index contributed by atoms with van der Waals surface area (Å²) in [6, 6.07) is 6.62. The van der Waals surface area contributed by atoms with Gasteiger partial charge in [-0.1, -0.05) is 25.1 Å². The van der Waals surface area contributed by atoms with Gasteiger partial charge in [-0.3, -0.25) is 0 Å². The summed E-state index contributed by atoms with van der Waals surface area (Å²) < 4.78 is 0. The summed E-state index contributed by atoms with van der Waals surface area (Å²) in [6.45, 7) is 4.50. The molecule has 1 heteroatoms. The Morgan fingerprint density at radius 3 is 3.00 bits per heavy atom. The van der Waals surface area contributed by atoms with Crippen LogP contribution in [0.2, 0.25) is 0 Å². The van der Waals surface area contributed by atoms with E-state index in [9.17, 15) is 0 Å². The van der Waals surface area contributed by atoms with Gasteiger partial charge in [0.1, 0.15) is 0 Å². The topological polar surface area (TPSA) is 0 Å². The lowest BCUT2D eigenvalue weighted by Gasteiger charge is -2.03. The maximum atomic E-state index is 2.30. The molecule has 0 bridgehead atoms. The average Bonchev–Trinajstić information content (AvgIpc) is 2.35. The summed E-state index contributed by atoms with van der Waals surface area (Å²) in [7, 11) is 0. The Hall–Kier alpha value is -0.430. The molecule has 1 aromatic rings. The highest BCUT2D eigenvalue weighted by molar-refractivity contribution is 7.99. The Kier molecular flexibility index (Phi) is 1.68. The third kappa shape index (κ3) is 1.08. The molecule has 0 saturated heterocycles. The minimum Gasteiger partial charge on any atom is -0.125 e. The fourth-order valence-electron chi connectivity index (χ4n) is 1.56. The molecule has 1 aliphatic rings. The molecule has 1 atom stereocenters. The number of rotatable bonds is 0. The molecular weight excluding hydrogens is 152 g/mol. The molecule has 0 fully saturated rings. The van der Waals surface area contributed by atoms with E-state index in [1.807, 2.05) is 11.8 Å². The first kappa shape index (κ1) is 7.23. The number of thioether (sulfide) groups is 1. The number of benzene rings is 1. The second-order valence-corrected chi connectivity index (χ2v) is 4.24. The molecule has 1 aromatic carbocycles. The minimum absolute atomic E-state index is 0.759. The van der Waals surface area contributed by atoms with Crippen LogP contribution >= 0.6 is 11.8 Å². The molecule has 2 rings (SSSR count). The number of fused-ring (bicyclic) bond motifs is 1. The minimum atomic E-state index is 0.759. The molecule has 0 unspecified atom stereocenters. The maximum absolute atomic E-state index is 2.30. The molecule has 0 saturated carbocycles. The van der Waals surface area contributed by atoms with Gasteiger partial charge in [-0.05, 0) is 24.0 Å². The smallest absolute Gasteiger partial charge is 0.0136 e. The first-order valence-electron chi connectivity index (χ1n) is 4.01. The van der Waals surface area contributed by atoms with E-state index in [1.165, 1.54) is 16.2 Å². The molecule has 1 heterocycles. The van der Waals surface area contributed by atoms with Gasteiger partial charge < -0.3 is 0 Å². The van der Waals surface area contributed by atoms with Gasteiger partial charge in [0, 0.05) is 10.6 Å². The van der Waals surface area contributed by atoms with Crippen molar-refractivity contribution in [1.82, 2.24) is 0 Å². The number of hydrogen-bond donors (Lipinski definition) is 0. The molecule has 0 aliphatic carbocycles. The number of hydrogen-bond acceptors (Lipinski definition) is 1. The Labute approximate surface area is 72.0 Å². The zero-order chi connectivity index (χ0) is 7.84. The van der Waals surface area contributed by atoms with E-state index < -0.39 is 0 Å². The molecule has 11 heavy (non-hydrogen) atoms. The van der Waals surface area contributed by atoms with Gasteiger partial charge in [0.25, 0.3) is 0 Å². The van der Waals surface area contributed by atoms with Gasteiger partial charge in [-0.2, -0.15) is 0 Å². The molecule has 1 aliphatic heterocycles. The van der Waals surface area contributed by atoms with Crippen molar-refractivity contribution in [2.24, 2.45) is 0 Å². The Balaban J connectivity index is 2.57. The molecule has 0 radical (unpaired) electrons. The average molecular weight is 164 g/mol. The van der Waals surface area contributed by atoms with Crippen LogP contribution in [0, 0.1) is 6.92 Å². The van der Waals surface area contributed by atoms with Crippen molar-refractivity contribution in [3.05, 3.63) is 29.3 Å². The summed E-state index contributed by atoms with van der Waals surface area (Å²) in [4.78, 5) is 1.53. The van der Waals surface area contributed by atoms with Gasteiger partial charge in [-0.25, -0.2) is 0 Å². The van der Waals surface area contributed by atoms with Gasteiger partial charge >= 0.3 is 0 Å². The van der Waals surface area contributed by atoms with Gasteiger partial charge in [-0.15, -0.1) is 11.8 Å². The quantitative estimate of drug-likeness (QED) is 0.567. The predicted octanol–water partition coefficient (Wildman–Crippen LogP) is 3.20. The zero-order valence-electron chi connectivity index (χ0n) is 6.92. The lowest BCUT2D eigenvalue weighted by Crippen LogP contribution is -1.88. The second-order valence-electron chi connectivity index (χ2n) is 3.21. The van der Waals surface area contributed by atoms with Crippen LogP contribution in [0.25, 0.3) is 0 Å². The highest BCUT2D eigenvalue weighted by Gasteiger charge is 2.19. The molecule has 0 N–H and O–H groups in total. The summed E-state index contributed by atoms with van der Waals surface area (Å²) >= 11 is 2.00. The van der Waals surface area contributed by atoms with E-state index in [1.54, 1.807) is 5.56 Å². The van der Waals surface area contributed by atoms with Crippen LogP contribution in [0.5, 0.6) is 0 Å². The van der Waals surface area contributed by atoms with Crippen molar-refractivity contribution in [3.63, 3.8) is 0 Å². The van der Waals surface area contributed by atoms with E-state index in [4.69, 9.17) is 0 Å². The molecule has 0 nitrogen and oxygen atoms in total. The normalized spacial score (nSPS) is 21.8. The molecular formula is C10H12S. The fraction of sp³-hybridized carbons (Fsp3) is 0.400. The van der Waals surface area contributed by atoms with Gasteiger partial charge in [0.05, 0.1) is 0 Å². The van der Waals surface area contributed by atoms with Crippen molar-refractivity contribution in [2.45, 2.75) is 24.7 Å². The van der Waals surface area contributed by atoms with Crippen LogP contribution < -0.4 is 0 Å². The monoisotopic (exact) mass is 164 g/mol. The third-order valence-electron chi connectivity index (χ3n) is 2.25. The second kappa shape index (κ2) is 2.56. The lowest BCUT2D eigenvalue weighted by atomic mass is 10.0. The summed E-state index contributed by atoms with van der Waals surface area (Å²) in [5.41, 5.74) is 2.99. The third-order valence-corrected chi connectivity index (χ3v) is 3.76. The number of aryl methyl sites for hydroxylation is 1. The zero-order valence-corrected chi connectivity index (χ0v) is 7.74. The predicted molar refractivity (Wildman–Crippen MR) is 50.3 cm³/mol. The summed E-state index contributed by atoms with van der Waals surface area (Å²) in [5.74, 6) is 2.02. The van der Waals surface area contributed by atoms with Crippen LogP contribution in [0.1, 0.15) is 24.0 Å². The van der Waals surface area contributed by atoms with Crippen molar-refractivity contribution in [2.75, 3.05) is 5.75 Å². The van der Waals surface area contributed by atoms with Gasteiger partial charge in [0.15, 0.2) is 0 Å². The highest BCUT2D eigenvalue weighted by Crippen LogP contribution is 2.40. The van der Waals surface area contributed by atoms with Crippen LogP contribution in [-0.2, 0) is 0 Å². The van der Waals surface area contributed by atoms with E-state index in [0.717, 1.165) is 5.92 Å². The van der Waals surface area contributed by atoms with Crippen molar-refractivity contribution < 1.29 is 0 Å². The largest absolute Gasteiger partial charge is 0.125 e. The molecule has 0 aromatic heterocycles. The van der Waals surface area contributed by atoms with Crippen LogP contribution in [0.3, 0.4) is 0 Å². The van der Waals surface area contributed by atoms with Crippen molar-refractivity contribution in [3.8, 4) is 0 Å². The van der Waals surface area contributed by atoms with E-state index >= 15 is 0 Å². The van der Waals surface area contributed by atoms with E-state index in [2.05, 4.69) is 32.0 Å². The van der Waals surface area contributed by atoms with Crippen molar-refractivity contribution in [1.29, 1.82) is 0 Å². The van der Waals surface area contributed by atoms with Crippen molar-refractivity contribution >= 4 is 11.8 Å². The van der Waals surface area contributed by atoms with Crippen LogP contribution in [0.4, 0.5) is 0 Å². The summed E-state index contributed by atoms with van der Waals surface area (Å²) in [5, 5.41) is 0. The van der Waals surface area contributed by atoms with E-state index in [-0.39, 0.29) is 0 Å². The highest BCUT2D eigenvalue weighted by atomic mass is 32.2. The van der Waals surface area contributed by atoms with Gasteiger partial charge in [0.2, 0.25) is 0 Å².